The van der Waals surface area contributed by atoms with Gasteiger partial charge in [-0.3, -0.25) is 4.79 Å². The first-order valence-electron chi connectivity index (χ1n) is 5.85. The Balaban J connectivity index is 0.00000128. The maximum atomic E-state index is 12.1. The highest BCUT2D eigenvalue weighted by Gasteiger charge is 2.26. The van der Waals surface area contributed by atoms with Crippen LogP contribution in [0.15, 0.2) is 0 Å². The first-order chi connectivity index (χ1) is 7.27. The van der Waals surface area contributed by atoms with E-state index in [9.17, 15) is 4.79 Å². The Hall–Kier alpha value is 0.0700. The molecular weight excluding hydrogens is 244 g/mol. The number of nitrogens with zero attached hydrogens (tertiary/aromatic N) is 1. The van der Waals surface area contributed by atoms with E-state index in [0.717, 1.165) is 37.6 Å². The van der Waals surface area contributed by atoms with E-state index in [-0.39, 0.29) is 12.4 Å². The highest BCUT2D eigenvalue weighted by molar-refractivity contribution is 7.99. The van der Waals surface area contributed by atoms with Crippen molar-refractivity contribution in [3.63, 3.8) is 0 Å². The fraction of sp³-hybridized carbons (Fsp3) is 0.909. The quantitative estimate of drug-likeness (QED) is 0.818. The van der Waals surface area contributed by atoms with E-state index in [1.165, 1.54) is 6.42 Å². The van der Waals surface area contributed by atoms with Crippen LogP contribution in [0.3, 0.4) is 0 Å². The summed E-state index contributed by atoms with van der Waals surface area (Å²) in [5, 5.41) is 3.32. The van der Waals surface area contributed by atoms with E-state index in [1.54, 1.807) is 0 Å². The molecule has 3 nitrogen and oxygen atoms in total. The van der Waals surface area contributed by atoms with Gasteiger partial charge in [-0.2, -0.15) is 11.8 Å². The Bertz CT molecular complexity index is 234. The molecule has 2 saturated heterocycles. The topological polar surface area (TPSA) is 32.3 Å². The van der Waals surface area contributed by atoms with Crippen LogP contribution < -0.4 is 5.32 Å². The summed E-state index contributed by atoms with van der Waals surface area (Å²) < 4.78 is 0. The zero-order valence-corrected chi connectivity index (χ0v) is 11.4. The van der Waals surface area contributed by atoms with Gasteiger partial charge in [0, 0.05) is 30.5 Å². The van der Waals surface area contributed by atoms with Crippen molar-refractivity contribution in [2.75, 3.05) is 31.1 Å². The van der Waals surface area contributed by atoms with Crippen LogP contribution in [-0.4, -0.2) is 48.0 Å². The first-order valence-corrected chi connectivity index (χ1v) is 7.01. The summed E-state index contributed by atoms with van der Waals surface area (Å²) in [5.74, 6) is 3.17. The molecule has 16 heavy (non-hydrogen) atoms. The van der Waals surface area contributed by atoms with Crippen LogP contribution in [0.1, 0.15) is 19.8 Å². The summed E-state index contributed by atoms with van der Waals surface area (Å²) in [6.45, 7) is 5.23. The molecule has 1 amide bonds. The third-order valence-corrected chi connectivity index (χ3v) is 4.50. The van der Waals surface area contributed by atoms with Crippen LogP contribution in [0.25, 0.3) is 0 Å². The largest absolute Gasteiger partial charge is 0.338 e. The maximum Gasteiger partial charge on any atom is 0.223 e. The second kappa shape index (κ2) is 6.72. The second-order valence-corrected chi connectivity index (χ2v) is 5.72. The highest BCUT2D eigenvalue weighted by Crippen LogP contribution is 2.20. The molecule has 0 aliphatic carbocycles. The highest BCUT2D eigenvalue weighted by atomic mass is 35.5. The van der Waals surface area contributed by atoms with Gasteiger partial charge in [-0.05, 0) is 32.4 Å². The van der Waals surface area contributed by atoms with E-state index < -0.39 is 0 Å². The summed E-state index contributed by atoms with van der Waals surface area (Å²) in [7, 11) is 0. The van der Waals surface area contributed by atoms with Crippen molar-refractivity contribution in [2.24, 2.45) is 5.92 Å². The molecule has 94 valence electrons. The molecule has 2 rings (SSSR count). The molecule has 0 bridgehead atoms. The number of carbonyl (C=O) groups is 1. The molecule has 2 heterocycles. The van der Waals surface area contributed by atoms with Gasteiger partial charge < -0.3 is 10.2 Å². The molecule has 0 aromatic carbocycles. The Labute approximate surface area is 108 Å². The molecule has 0 aromatic rings. The van der Waals surface area contributed by atoms with E-state index in [0.29, 0.717) is 17.9 Å². The third-order valence-electron chi connectivity index (χ3n) is 3.31. The van der Waals surface area contributed by atoms with Crippen molar-refractivity contribution in [2.45, 2.75) is 25.8 Å². The maximum absolute atomic E-state index is 12.1. The lowest BCUT2D eigenvalue weighted by molar-refractivity contribution is -0.133. The lowest BCUT2D eigenvalue weighted by Gasteiger charge is -2.33. The van der Waals surface area contributed by atoms with E-state index in [4.69, 9.17) is 0 Å². The number of thioether (sulfide) groups is 1. The smallest absolute Gasteiger partial charge is 0.223 e. The molecule has 2 aliphatic rings. The summed E-state index contributed by atoms with van der Waals surface area (Å²) in [6, 6.07) is 0.436. The fourth-order valence-corrected chi connectivity index (χ4v) is 3.36. The van der Waals surface area contributed by atoms with Gasteiger partial charge in [-0.15, -0.1) is 12.4 Å². The average Bonchev–Trinajstić information content (AvgIpc) is 2.71. The molecule has 2 fully saturated rings. The van der Waals surface area contributed by atoms with Gasteiger partial charge >= 0.3 is 0 Å². The Kier molecular flexibility index (Phi) is 5.94. The normalized spacial score (nSPS) is 29.9. The number of halogens is 1. The van der Waals surface area contributed by atoms with E-state index in [2.05, 4.69) is 17.1 Å². The average molecular weight is 265 g/mol. The predicted octanol–water partition coefficient (Wildman–Crippen LogP) is 1.37. The number of amides is 1. The number of carbonyl (C=O) groups excluding carboxylic acids is 1. The van der Waals surface area contributed by atoms with Crippen LogP contribution in [0, 0.1) is 5.92 Å². The molecule has 0 spiro atoms. The molecule has 0 saturated carbocycles. The van der Waals surface area contributed by atoms with Crippen LogP contribution in [-0.2, 0) is 4.79 Å². The number of hydrogen-bond acceptors (Lipinski definition) is 3. The van der Waals surface area contributed by atoms with Crippen molar-refractivity contribution in [3.05, 3.63) is 0 Å². The van der Waals surface area contributed by atoms with Gasteiger partial charge in [0.1, 0.15) is 0 Å². The van der Waals surface area contributed by atoms with Crippen molar-refractivity contribution in [1.82, 2.24) is 10.2 Å². The van der Waals surface area contributed by atoms with Crippen molar-refractivity contribution in [3.8, 4) is 0 Å². The zero-order valence-electron chi connectivity index (χ0n) is 9.78. The molecule has 1 N–H and O–H groups in total. The molecule has 2 aliphatic heterocycles. The molecule has 0 aromatic heterocycles. The van der Waals surface area contributed by atoms with Gasteiger partial charge in [0.05, 0.1) is 0 Å². The third kappa shape index (κ3) is 3.54. The van der Waals surface area contributed by atoms with Crippen molar-refractivity contribution in [1.29, 1.82) is 0 Å². The molecule has 5 heteroatoms. The first kappa shape index (κ1) is 14.1. The lowest BCUT2D eigenvalue weighted by Crippen LogP contribution is -2.45. The van der Waals surface area contributed by atoms with Crippen LogP contribution in [0.2, 0.25) is 0 Å². The minimum atomic E-state index is 0. The zero-order chi connectivity index (χ0) is 10.7. The van der Waals surface area contributed by atoms with Crippen molar-refractivity contribution < 1.29 is 4.79 Å². The van der Waals surface area contributed by atoms with E-state index in [1.807, 2.05) is 11.8 Å². The SMILES string of the molecule is CC1CSCCN1C(=O)CC1CCNC1.Cl. The van der Waals surface area contributed by atoms with Gasteiger partial charge in [0.2, 0.25) is 5.91 Å². The van der Waals surface area contributed by atoms with Gasteiger partial charge in [0.25, 0.3) is 0 Å². The summed E-state index contributed by atoms with van der Waals surface area (Å²) in [6.07, 6.45) is 1.92. The monoisotopic (exact) mass is 264 g/mol. The minimum absolute atomic E-state index is 0. The minimum Gasteiger partial charge on any atom is -0.338 e. The predicted molar refractivity (Wildman–Crippen MR) is 71.3 cm³/mol. The van der Waals surface area contributed by atoms with Crippen LogP contribution in [0.4, 0.5) is 0 Å². The summed E-state index contributed by atoms with van der Waals surface area (Å²) in [5.41, 5.74) is 0. The molecule has 0 radical (unpaired) electrons. The molecule has 2 unspecified atom stereocenters. The standard InChI is InChI=1S/C11H20N2OS.ClH/c1-9-8-15-5-4-13(9)11(14)6-10-2-3-12-7-10;/h9-10,12H,2-8H2,1H3;1H. The van der Waals surface area contributed by atoms with Gasteiger partial charge in [0.15, 0.2) is 0 Å². The second-order valence-electron chi connectivity index (χ2n) is 4.57. The molecular formula is C11H21ClN2OS. The van der Waals surface area contributed by atoms with Crippen LogP contribution >= 0.6 is 24.2 Å². The number of hydrogen-bond donors (Lipinski definition) is 1. The summed E-state index contributed by atoms with van der Waals surface area (Å²) in [4.78, 5) is 14.1. The van der Waals surface area contributed by atoms with E-state index >= 15 is 0 Å². The molecule has 2 atom stereocenters. The summed E-state index contributed by atoms with van der Waals surface area (Å²) >= 11 is 1.96. The Morgan fingerprint density at radius 1 is 1.56 bits per heavy atom. The number of rotatable bonds is 2. The Morgan fingerprint density at radius 3 is 3.00 bits per heavy atom. The van der Waals surface area contributed by atoms with Crippen molar-refractivity contribution >= 4 is 30.1 Å². The number of nitrogens with one attached hydrogen (secondary N) is 1. The van der Waals surface area contributed by atoms with Crippen LogP contribution in [0.5, 0.6) is 0 Å². The van der Waals surface area contributed by atoms with Gasteiger partial charge in [-0.25, -0.2) is 0 Å². The van der Waals surface area contributed by atoms with Gasteiger partial charge in [-0.1, -0.05) is 0 Å². The Morgan fingerprint density at radius 2 is 2.38 bits per heavy atom. The lowest BCUT2D eigenvalue weighted by atomic mass is 10.0. The fourth-order valence-electron chi connectivity index (χ4n) is 2.35.